The molecule has 26 heavy (non-hydrogen) atoms. The van der Waals surface area contributed by atoms with Gasteiger partial charge in [-0.1, -0.05) is 11.6 Å². The number of benzene rings is 1. The third kappa shape index (κ3) is 3.20. The van der Waals surface area contributed by atoms with Gasteiger partial charge in [-0.15, -0.1) is 0 Å². The number of fused-ring (bicyclic) bond motifs is 1. The molecule has 1 aromatic carbocycles. The Kier molecular flexibility index (Phi) is 4.42. The standard InChI is InChI=1S/C19H19ClN4O2/c1-26-16-5-3-15(4-6-16)22-8-10-23(11-9-22)19(25)17-13-24-12-14(20)2-7-18(24)21-17/h2-7,12-13H,8-11H2,1H3. The van der Waals surface area contributed by atoms with E-state index in [0.717, 1.165) is 30.2 Å². The van der Waals surface area contributed by atoms with E-state index in [2.05, 4.69) is 9.88 Å². The molecule has 0 saturated carbocycles. The number of anilines is 1. The number of piperazine rings is 1. The molecule has 0 unspecified atom stereocenters. The van der Waals surface area contributed by atoms with Crippen LogP contribution in [0.5, 0.6) is 5.75 Å². The van der Waals surface area contributed by atoms with Gasteiger partial charge in [-0.3, -0.25) is 4.79 Å². The zero-order valence-electron chi connectivity index (χ0n) is 14.4. The summed E-state index contributed by atoms with van der Waals surface area (Å²) in [6, 6.07) is 11.6. The van der Waals surface area contributed by atoms with Gasteiger partial charge in [0, 0.05) is 44.3 Å². The van der Waals surface area contributed by atoms with Crippen molar-refractivity contribution in [2.45, 2.75) is 0 Å². The molecule has 6 nitrogen and oxygen atoms in total. The van der Waals surface area contributed by atoms with Gasteiger partial charge in [0.1, 0.15) is 17.1 Å². The lowest BCUT2D eigenvalue weighted by molar-refractivity contribution is 0.0741. The number of carbonyl (C=O) groups excluding carboxylic acids is 1. The van der Waals surface area contributed by atoms with Crippen LogP contribution in [0.3, 0.4) is 0 Å². The monoisotopic (exact) mass is 370 g/mol. The molecule has 1 amide bonds. The molecule has 0 N–H and O–H groups in total. The zero-order chi connectivity index (χ0) is 18.1. The summed E-state index contributed by atoms with van der Waals surface area (Å²) in [7, 11) is 1.66. The van der Waals surface area contributed by atoms with Crippen LogP contribution >= 0.6 is 11.6 Å². The first-order valence-corrected chi connectivity index (χ1v) is 8.84. The lowest BCUT2D eigenvalue weighted by Crippen LogP contribution is -2.48. The Balaban J connectivity index is 1.43. The van der Waals surface area contributed by atoms with Gasteiger partial charge in [0.15, 0.2) is 0 Å². The highest BCUT2D eigenvalue weighted by Gasteiger charge is 2.24. The van der Waals surface area contributed by atoms with Crippen LogP contribution in [0.2, 0.25) is 5.02 Å². The quantitative estimate of drug-likeness (QED) is 0.711. The van der Waals surface area contributed by atoms with Gasteiger partial charge < -0.3 is 18.9 Å². The van der Waals surface area contributed by atoms with Crippen molar-refractivity contribution in [3.05, 3.63) is 59.5 Å². The predicted octanol–water partition coefficient (Wildman–Crippen LogP) is 2.96. The number of carbonyl (C=O) groups is 1. The van der Waals surface area contributed by atoms with Crippen molar-refractivity contribution in [3.63, 3.8) is 0 Å². The van der Waals surface area contributed by atoms with E-state index in [1.807, 2.05) is 29.2 Å². The normalized spacial score (nSPS) is 14.7. The summed E-state index contributed by atoms with van der Waals surface area (Å²) < 4.78 is 6.98. The Morgan fingerprint density at radius 3 is 2.46 bits per heavy atom. The van der Waals surface area contributed by atoms with Gasteiger partial charge in [-0.05, 0) is 36.4 Å². The summed E-state index contributed by atoms with van der Waals surface area (Å²) >= 11 is 5.99. The number of hydrogen-bond donors (Lipinski definition) is 0. The summed E-state index contributed by atoms with van der Waals surface area (Å²) in [5.74, 6) is 0.800. The molecule has 3 heterocycles. The second-order valence-electron chi connectivity index (χ2n) is 6.22. The number of methoxy groups -OCH3 is 1. The van der Waals surface area contributed by atoms with E-state index in [1.165, 1.54) is 0 Å². The van der Waals surface area contributed by atoms with Crippen LogP contribution in [0.25, 0.3) is 5.65 Å². The number of hydrogen-bond acceptors (Lipinski definition) is 4. The van der Waals surface area contributed by atoms with Crippen LogP contribution in [0.15, 0.2) is 48.8 Å². The van der Waals surface area contributed by atoms with Crippen molar-refractivity contribution < 1.29 is 9.53 Å². The van der Waals surface area contributed by atoms with E-state index < -0.39 is 0 Å². The minimum absolute atomic E-state index is 0.0424. The van der Waals surface area contributed by atoms with E-state index in [9.17, 15) is 4.79 Å². The molecule has 1 aliphatic rings. The van der Waals surface area contributed by atoms with Crippen LogP contribution in [0.4, 0.5) is 5.69 Å². The van der Waals surface area contributed by atoms with Gasteiger partial charge >= 0.3 is 0 Å². The maximum absolute atomic E-state index is 12.8. The number of nitrogens with zero attached hydrogens (tertiary/aromatic N) is 4. The summed E-state index contributed by atoms with van der Waals surface area (Å²) in [6.07, 6.45) is 3.49. The van der Waals surface area contributed by atoms with Crippen molar-refractivity contribution in [1.82, 2.24) is 14.3 Å². The summed E-state index contributed by atoms with van der Waals surface area (Å²) in [5, 5.41) is 0.613. The van der Waals surface area contributed by atoms with Gasteiger partial charge in [-0.2, -0.15) is 0 Å². The SMILES string of the molecule is COc1ccc(N2CCN(C(=O)c3cn4cc(Cl)ccc4n3)CC2)cc1. The number of aromatic nitrogens is 2. The number of halogens is 1. The number of imidazole rings is 1. The van der Waals surface area contributed by atoms with Crippen molar-refractivity contribution in [1.29, 1.82) is 0 Å². The predicted molar refractivity (Wildman–Crippen MR) is 101 cm³/mol. The number of amides is 1. The molecule has 2 aromatic heterocycles. The fourth-order valence-corrected chi connectivity index (χ4v) is 3.36. The molecule has 0 radical (unpaired) electrons. The molecule has 1 saturated heterocycles. The van der Waals surface area contributed by atoms with Crippen molar-refractivity contribution in [2.24, 2.45) is 0 Å². The minimum Gasteiger partial charge on any atom is -0.497 e. The Morgan fingerprint density at radius 1 is 1.04 bits per heavy atom. The Morgan fingerprint density at radius 2 is 1.77 bits per heavy atom. The van der Waals surface area contributed by atoms with Gasteiger partial charge in [0.05, 0.1) is 12.1 Å². The van der Waals surface area contributed by atoms with Crippen LogP contribution in [-0.2, 0) is 0 Å². The van der Waals surface area contributed by atoms with Crippen LogP contribution in [0, 0.1) is 0 Å². The van der Waals surface area contributed by atoms with Crippen molar-refractivity contribution in [3.8, 4) is 5.75 Å². The Bertz CT molecular complexity index is 930. The number of rotatable bonds is 3. The first kappa shape index (κ1) is 16.7. The smallest absolute Gasteiger partial charge is 0.274 e. The Hall–Kier alpha value is -2.73. The average molecular weight is 371 g/mol. The maximum Gasteiger partial charge on any atom is 0.274 e. The third-order valence-corrected chi connectivity index (χ3v) is 4.86. The van der Waals surface area contributed by atoms with Gasteiger partial charge in [-0.25, -0.2) is 4.98 Å². The van der Waals surface area contributed by atoms with Crippen molar-refractivity contribution in [2.75, 3.05) is 38.2 Å². The average Bonchev–Trinajstić information content (AvgIpc) is 3.11. The first-order chi connectivity index (χ1) is 12.6. The molecule has 3 aromatic rings. The highest BCUT2D eigenvalue weighted by molar-refractivity contribution is 6.30. The molecule has 134 valence electrons. The highest BCUT2D eigenvalue weighted by Crippen LogP contribution is 2.21. The molecule has 7 heteroatoms. The summed E-state index contributed by atoms with van der Waals surface area (Å²) in [4.78, 5) is 21.3. The molecule has 0 aliphatic carbocycles. The van der Waals surface area contributed by atoms with E-state index in [1.54, 1.807) is 36.0 Å². The molecule has 4 rings (SSSR count). The molecule has 0 bridgehead atoms. The van der Waals surface area contributed by atoms with E-state index in [4.69, 9.17) is 16.3 Å². The van der Waals surface area contributed by atoms with Crippen LogP contribution in [0.1, 0.15) is 10.5 Å². The number of ether oxygens (including phenoxy) is 1. The second kappa shape index (κ2) is 6.88. The van der Waals surface area contributed by atoms with Crippen molar-refractivity contribution >= 4 is 28.8 Å². The van der Waals surface area contributed by atoms with Gasteiger partial charge in [0.25, 0.3) is 5.91 Å². The molecular formula is C19H19ClN4O2. The summed E-state index contributed by atoms with van der Waals surface area (Å²) in [5.41, 5.74) is 2.31. The molecular weight excluding hydrogens is 352 g/mol. The first-order valence-electron chi connectivity index (χ1n) is 8.46. The van der Waals surface area contributed by atoms with Gasteiger partial charge in [0.2, 0.25) is 0 Å². The van der Waals surface area contributed by atoms with Crippen LogP contribution < -0.4 is 9.64 Å². The maximum atomic E-state index is 12.8. The Labute approximate surface area is 156 Å². The number of pyridine rings is 1. The minimum atomic E-state index is -0.0424. The third-order valence-electron chi connectivity index (χ3n) is 4.64. The fraction of sp³-hybridized carbons (Fsp3) is 0.263. The molecule has 0 spiro atoms. The van der Waals surface area contributed by atoms with E-state index in [0.29, 0.717) is 23.8 Å². The van der Waals surface area contributed by atoms with E-state index >= 15 is 0 Å². The molecule has 1 fully saturated rings. The van der Waals surface area contributed by atoms with Crippen LogP contribution in [-0.4, -0.2) is 53.5 Å². The zero-order valence-corrected chi connectivity index (χ0v) is 15.2. The topological polar surface area (TPSA) is 50.1 Å². The molecule has 0 atom stereocenters. The fourth-order valence-electron chi connectivity index (χ4n) is 3.19. The lowest BCUT2D eigenvalue weighted by atomic mass is 10.2. The van der Waals surface area contributed by atoms with E-state index in [-0.39, 0.29) is 5.91 Å². The largest absolute Gasteiger partial charge is 0.497 e. The summed E-state index contributed by atoms with van der Waals surface area (Å²) in [6.45, 7) is 2.91. The second-order valence-corrected chi connectivity index (χ2v) is 6.65. The highest BCUT2D eigenvalue weighted by atomic mass is 35.5. The molecule has 1 aliphatic heterocycles. The lowest BCUT2D eigenvalue weighted by Gasteiger charge is -2.35.